The van der Waals surface area contributed by atoms with Gasteiger partial charge in [-0.15, -0.1) is 0 Å². The van der Waals surface area contributed by atoms with Crippen LogP contribution in [0.4, 0.5) is 0 Å². The van der Waals surface area contributed by atoms with Gasteiger partial charge < -0.3 is 10.1 Å². The van der Waals surface area contributed by atoms with Gasteiger partial charge in [0, 0.05) is 38.8 Å². The summed E-state index contributed by atoms with van der Waals surface area (Å²) in [7, 11) is 0. The van der Waals surface area contributed by atoms with Gasteiger partial charge in [-0.05, 0) is 68.6 Å². The molecule has 0 aromatic heterocycles. The van der Waals surface area contributed by atoms with Crippen LogP contribution in [0.2, 0.25) is 0 Å². The largest absolute Gasteiger partial charge is 0.491 e. The number of amides is 1. The molecule has 1 saturated heterocycles. The maximum absolute atomic E-state index is 12.6. The molecule has 3 rings (SSSR count). The maximum atomic E-state index is 12.6. The zero-order valence-corrected chi connectivity index (χ0v) is 20.3. The Labute approximate surface area is 189 Å². The molecule has 1 aliphatic carbocycles. The minimum absolute atomic E-state index is 0.202. The molecule has 1 aromatic carbocycles. The van der Waals surface area contributed by atoms with Crippen molar-refractivity contribution in [1.29, 1.82) is 0 Å². The lowest BCUT2D eigenvalue weighted by molar-refractivity contribution is -0.123. The summed E-state index contributed by atoms with van der Waals surface area (Å²) in [4.78, 5) is 17.3. The van der Waals surface area contributed by atoms with Crippen molar-refractivity contribution in [3.05, 3.63) is 29.8 Å². The molecule has 5 nitrogen and oxygen atoms in total. The summed E-state index contributed by atoms with van der Waals surface area (Å²) < 4.78 is 5.73. The third-order valence-electron chi connectivity index (χ3n) is 6.85. The first-order valence-corrected chi connectivity index (χ1v) is 12.2. The number of carbonyl (C=O) groups is 1. The third kappa shape index (κ3) is 7.80. The van der Waals surface area contributed by atoms with Crippen LogP contribution in [0.5, 0.6) is 5.75 Å². The average Bonchev–Trinajstić information content (AvgIpc) is 2.70. The molecule has 0 bridgehead atoms. The Hall–Kier alpha value is -1.59. The van der Waals surface area contributed by atoms with E-state index in [1.165, 1.54) is 18.4 Å². The summed E-state index contributed by atoms with van der Waals surface area (Å²) in [5, 5.41) is 3.30. The normalized spacial score (nSPS) is 23.7. The van der Waals surface area contributed by atoms with Gasteiger partial charge in [-0.1, -0.05) is 32.9 Å². The first-order chi connectivity index (χ1) is 14.7. The Kier molecular flexibility index (Phi) is 8.40. The second kappa shape index (κ2) is 10.8. The van der Waals surface area contributed by atoms with E-state index in [1.807, 2.05) is 13.8 Å². The van der Waals surface area contributed by atoms with E-state index in [9.17, 15) is 4.79 Å². The number of benzene rings is 1. The SMILES string of the molecule is CC(C)Oc1ccc(CN2CCN(CC(=O)NC3CCC(C(C)(C)C)CC3)CC2)cc1. The van der Waals surface area contributed by atoms with Crippen LogP contribution >= 0.6 is 0 Å². The van der Waals surface area contributed by atoms with Crippen LogP contribution in [0, 0.1) is 11.3 Å². The van der Waals surface area contributed by atoms with Crippen LogP contribution < -0.4 is 10.1 Å². The number of nitrogens with one attached hydrogen (secondary N) is 1. The number of hydrogen-bond donors (Lipinski definition) is 1. The van der Waals surface area contributed by atoms with E-state index in [1.54, 1.807) is 0 Å². The van der Waals surface area contributed by atoms with Gasteiger partial charge in [0.05, 0.1) is 12.6 Å². The fourth-order valence-electron chi connectivity index (χ4n) is 4.89. The molecule has 2 fully saturated rings. The highest BCUT2D eigenvalue weighted by molar-refractivity contribution is 5.78. The van der Waals surface area contributed by atoms with E-state index in [0.29, 0.717) is 18.0 Å². The summed E-state index contributed by atoms with van der Waals surface area (Å²) in [6.45, 7) is 16.5. The molecule has 1 N–H and O–H groups in total. The topological polar surface area (TPSA) is 44.8 Å². The van der Waals surface area contributed by atoms with Gasteiger partial charge in [-0.2, -0.15) is 0 Å². The second-order valence-electron chi connectivity index (χ2n) is 10.8. The van der Waals surface area contributed by atoms with Crippen molar-refractivity contribution in [3.63, 3.8) is 0 Å². The van der Waals surface area contributed by atoms with E-state index in [2.05, 4.69) is 60.2 Å². The van der Waals surface area contributed by atoms with Crippen molar-refractivity contribution in [2.75, 3.05) is 32.7 Å². The van der Waals surface area contributed by atoms with Crippen molar-refractivity contribution in [2.24, 2.45) is 11.3 Å². The van der Waals surface area contributed by atoms with E-state index in [-0.39, 0.29) is 12.0 Å². The summed E-state index contributed by atoms with van der Waals surface area (Å²) in [6, 6.07) is 8.81. The van der Waals surface area contributed by atoms with Crippen molar-refractivity contribution in [3.8, 4) is 5.75 Å². The lowest BCUT2D eigenvalue weighted by Crippen LogP contribution is -2.50. The van der Waals surface area contributed by atoms with E-state index in [4.69, 9.17) is 4.74 Å². The van der Waals surface area contributed by atoms with Crippen LogP contribution in [0.3, 0.4) is 0 Å². The van der Waals surface area contributed by atoms with E-state index >= 15 is 0 Å². The molecular formula is C26H43N3O2. The second-order valence-corrected chi connectivity index (χ2v) is 10.8. The highest BCUT2D eigenvalue weighted by Crippen LogP contribution is 2.37. The zero-order valence-electron chi connectivity index (χ0n) is 20.3. The maximum Gasteiger partial charge on any atom is 0.234 e. The van der Waals surface area contributed by atoms with Gasteiger partial charge in [-0.3, -0.25) is 14.6 Å². The highest BCUT2D eigenvalue weighted by Gasteiger charge is 2.30. The molecule has 2 aliphatic rings. The molecule has 5 heteroatoms. The molecule has 1 saturated carbocycles. The lowest BCUT2D eigenvalue weighted by Gasteiger charge is -2.38. The molecule has 31 heavy (non-hydrogen) atoms. The average molecular weight is 430 g/mol. The minimum Gasteiger partial charge on any atom is -0.491 e. The van der Waals surface area contributed by atoms with Crippen LogP contribution in [-0.4, -0.2) is 60.6 Å². The molecule has 1 aromatic rings. The molecule has 0 spiro atoms. The van der Waals surface area contributed by atoms with Gasteiger partial charge in [0.2, 0.25) is 5.91 Å². The van der Waals surface area contributed by atoms with Gasteiger partial charge in [0.25, 0.3) is 0 Å². The van der Waals surface area contributed by atoms with Crippen LogP contribution in [0.1, 0.15) is 65.9 Å². The number of nitrogens with zero attached hydrogens (tertiary/aromatic N) is 2. The summed E-state index contributed by atoms with van der Waals surface area (Å²) in [6.07, 6.45) is 4.93. The van der Waals surface area contributed by atoms with Crippen molar-refractivity contribution in [2.45, 2.75) is 79.0 Å². The quantitative estimate of drug-likeness (QED) is 0.701. The van der Waals surface area contributed by atoms with Gasteiger partial charge >= 0.3 is 0 Å². The van der Waals surface area contributed by atoms with Crippen molar-refractivity contribution >= 4 is 5.91 Å². The molecule has 1 aliphatic heterocycles. The van der Waals surface area contributed by atoms with Crippen LogP contribution in [0.25, 0.3) is 0 Å². The summed E-state index contributed by atoms with van der Waals surface area (Å²) in [5.41, 5.74) is 1.70. The zero-order chi connectivity index (χ0) is 22.4. The Balaban J connectivity index is 1.34. The Morgan fingerprint density at radius 3 is 2.13 bits per heavy atom. The number of piperazine rings is 1. The lowest BCUT2D eigenvalue weighted by atomic mass is 9.71. The smallest absolute Gasteiger partial charge is 0.234 e. The van der Waals surface area contributed by atoms with Crippen molar-refractivity contribution < 1.29 is 9.53 Å². The van der Waals surface area contributed by atoms with Gasteiger partial charge in [-0.25, -0.2) is 0 Å². The fraction of sp³-hybridized carbons (Fsp3) is 0.731. The number of carbonyl (C=O) groups excluding carboxylic acids is 1. The van der Waals surface area contributed by atoms with Crippen molar-refractivity contribution in [1.82, 2.24) is 15.1 Å². The third-order valence-corrected chi connectivity index (χ3v) is 6.85. The van der Waals surface area contributed by atoms with Gasteiger partial charge in [0.1, 0.15) is 5.75 Å². The Morgan fingerprint density at radius 1 is 1.00 bits per heavy atom. The number of ether oxygens (including phenoxy) is 1. The molecular weight excluding hydrogens is 386 g/mol. The minimum atomic E-state index is 0.202. The highest BCUT2D eigenvalue weighted by atomic mass is 16.5. The molecule has 1 amide bonds. The first kappa shape index (κ1) is 24.1. The molecule has 1 heterocycles. The number of rotatable bonds is 7. The molecule has 174 valence electrons. The first-order valence-electron chi connectivity index (χ1n) is 12.2. The monoisotopic (exact) mass is 429 g/mol. The molecule has 0 atom stereocenters. The summed E-state index contributed by atoms with van der Waals surface area (Å²) >= 11 is 0. The Morgan fingerprint density at radius 2 is 1.58 bits per heavy atom. The molecule has 0 radical (unpaired) electrons. The Bertz CT molecular complexity index is 680. The van der Waals surface area contributed by atoms with Crippen LogP contribution in [0.15, 0.2) is 24.3 Å². The van der Waals surface area contributed by atoms with Gasteiger partial charge in [0.15, 0.2) is 0 Å². The van der Waals surface area contributed by atoms with Crippen LogP contribution in [-0.2, 0) is 11.3 Å². The van der Waals surface area contributed by atoms with E-state index < -0.39 is 0 Å². The van der Waals surface area contributed by atoms with E-state index in [0.717, 1.165) is 57.2 Å². The summed E-state index contributed by atoms with van der Waals surface area (Å²) in [5.74, 6) is 1.92. The number of hydrogen-bond acceptors (Lipinski definition) is 4. The standard InChI is InChI=1S/C26H43N3O2/c1-20(2)31-24-12-6-21(7-13-24)18-28-14-16-29(17-15-28)19-25(30)27-23-10-8-22(9-11-23)26(3,4)5/h6-7,12-13,20,22-23H,8-11,14-19H2,1-5H3,(H,27,30). The fourth-order valence-corrected chi connectivity index (χ4v) is 4.89. The predicted molar refractivity (Wildman–Crippen MR) is 127 cm³/mol. The molecule has 0 unspecified atom stereocenters. The predicted octanol–water partition coefficient (Wildman–Crippen LogP) is 4.31.